The summed E-state index contributed by atoms with van der Waals surface area (Å²) in [6.07, 6.45) is -0.498. The van der Waals surface area contributed by atoms with Crippen molar-refractivity contribution >= 4 is 23.8 Å². The monoisotopic (exact) mass is 553 g/mol. The van der Waals surface area contributed by atoms with Crippen molar-refractivity contribution in [3.05, 3.63) is 59.2 Å². The number of amides is 3. The number of anilines is 1. The maximum atomic E-state index is 15.2. The minimum absolute atomic E-state index is 0.00837. The van der Waals surface area contributed by atoms with Gasteiger partial charge in [0.25, 0.3) is 5.54 Å². The van der Waals surface area contributed by atoms with Crippen molar-refractivity contribution in [2.24, 2.45) is 11.8 Å². The van der Waals surface area contributed by atoms with Gasteiger partial charge in [0.1, 0.15) is 29.0 Å². The minimum atomic E-state index is -0.890. The standard InChI is InChI=1S/C28H29F2N5O5/c1-15(36)32-11-18-12-35(26(38)39-18)17-8-21(29)24(22(30)9-17)16-6-7-23(33-10-16)28(31-5)19-13-34(14-20(19)28)25(37)40-27(2,3)4/h6-10,18-20H,11-14H2,1-4H3,(H,32,36)/t18-,19-,20+,28?/m0/s1. The van der Waals surface area contributed by atoms with Gasteiger partial charge in [0.15, 0.2) is 0 Å². The molecule has 0 spiro atoms. The van der Waals surface area contributed by atoms with Crippen LogP contribution in [0.25, 0.3) is 16.0 Å². The molecule has 210 valence electrons. The molecule has 12 heteroatoms. The van der Waals surface area contributed by atoms with Crippen LogP contribution in [0.2, 0.25) is 0 Å². The van der Waals surface area contributed by atoms with Crippen LogP contribution >= 0.6 is 0 Å². The molecule has 3 heterocycles. The van der Waals surface area contributed by atoms with Gasteiger partial charge in [0.2, 0.25) is 5.91 Å². The second kappa shape index (κ2) is 9.73. The van der Waals surface area contributed by atoms with Crippen LogP contribution in [0.4, 0.5) is 24.1 Å². The van der Waals surface area contributed by atoms with Gasteiger partial charge in [-0.2, -0.15) is 0 Å². The summed E-state index contributed by atoms with van der Waals surface area (Å²) < 4.78 is 40.9. The zero-order chi connectivity index (χ0) is 29.0. The Morgan fingerprint density at radius 3 is 2.38 bits per heavy atom. The van der Waals surface area contributed by atoms with Crippen LogP contribution in [0, 0.1) is 30.0 Å². The Balaban J connectivity index is 1.30. The van der Waals surface area contributed by atoms with Gasteiger partial charge in [-0.3, -0.25) is 14.7 Å². The van der Waals surface area contributed by atoms with Crippen molar-refractivity contribution in [2.75, 3.05) is 31.1 Å². The summed E-state index contributed by atoms with van der Waals surface area (Å²) in [5.74, 6) is -2.26. The van der Waals surface area contributed by atoms with Crippen molar-refractivity contribution in [2.45, 2.75) is 44.9 Å². The van der Waals surface area contributed by atoms with Gasteiger partial charge in [0.05, 0.1) is 36.2 Å². The molecule has 0 radical (unpaired) electrons. The Morgan fingerprint density at radius 1 is 1.20 bits per heavy atom. The molecule has 2 aromatic rings. The average molecular weight is 554 g/mol. The number of piperidine rings is 1. The topological polar surface area (TPSA) is 105 Å². The Bertz CT molecular complexity index is 1380. The Morgan fingerprint density at radius 2 is 1.85 bits per heavy atom. The number of aromatic nitrogens is 1. The molecule has 1 saturated carbocycles. The van der Waals surface area contributed by atoms with Crippen LogP contribution in [-0.2, 0) is 19.8 Å². The summed E-state index contributed by atoms with van der Waals surface area (Å²) in [7, 11) is 0. The van der Waals surface area contributed by atoms with Crippen LogP contribution in [0.15, 0.2) is 30.5 Å². The quantitative estimate of drug-likeness (QED) is 0.559. The zero-order valence-corrected chi connectivity index (χ0v) is 22.5. The third kappa shape index (κ3) is 4.80. The van der Waals surface area contributed by atoms with E-state index in [0.717, 1.165) is 17.0 Å². The summed E-state index contributed by atoms with van der Waals surface area (Å²) in [6.45, 7) is 15.4. The number of halogens is 2. The first kappa shape index (κ1) is 27.3. The molecule has 1 unspecified atom stereocenters. The molecule has 40 heavy (non-hydrogen) atoms. The number of nitrogens with zero attached hydrogens (tertiary/aromatic N) is 4. The predicted octanol–water partition coefficient (Wildman–Crippen LogP) is 4.10. The largest absolute Gasteiger partial charge is 0.444 e. The molecule has 3 amide bonds. The van der Waals surface area contributed by atoms with Gasteiger partial charge in [-0.25, -0.2) is 24.9 Å². The molecular weight excluding hydrogens is 524 g/mol. The predicted molar refractivity (Wildman–Crippen MR) is 139 cm³/mol. The normalized spacial score (nSPS) is 25.2. The lowest BCUT2D eigenvalue weighted by atomic mass is 10.0. The average Bonchev–Trinajstić information content (AvgIpc) is 3.15. The highest BCUT2D eigenvalue weighted by atomic mass is 19.1. The van der Waals surface area contributed by atoms with Crippen LogP contribution in [0.3, 0.4) is 0 Å². The number of nitrogens with one attached hydrogen (secondary N) is 1. The molecule has 5 rings (SSSR count). The van der Waals surface area contributed by atoms with Crippen LogP contribution < -0.4 is 10.2 Å². The second-order valence-electron chi connectivity index (χ2n) is 11.3. The number of fused-ring (bicyclic) bond motifs is 1. The van der Waals surface area contributed by atoms with E-state index in [4.69, 9.17) is 16.0 Å². The molecular formula is C28H29F2N5O5. The third-order valence-corrected chi connectivity index (χ3v) is 7.43. The fourth-order valence-electron chi connectivity index (χ4n) is 5.55. The number of likely N-dealkylation sites (tertiary alicyclic amines) is 1. The van der Waals surface area contributed by atoms with Crippen LogP contribution in [0.5, 0.6) is 0 Å². The molecule has 2 saturated heterocycles. The fourth-order valence-corrected chi connectivity index (χ4v) is 5.55. The van der Waals surface area contributed by atoms with Gasteiger partial charge in [-0.05, 0) is 39.0 Å². The van der Waals surface area contributed by atoms with E-state index in [1.54, 1.807) is 31.7 Å². The van der Waals surface area contributed by atoms with E-state index in [-0.39, 0.29) is 47.6 Å². The van der Waals surface area contributed by atoms with Gasteiger partial charge < -0.3 is 24.5 Å². The third-order valence-electron chi connectivity index (χ3n) is 7.43. The highest BCUT2D eigenvalue weighted by molar-refractivity contribution is 5.90. The highest BCUT2D eigenvalue weighted by Gasteiger charge is 2.78. The molecule has 1 N–H and O–H groups in total. The number of ether oxygens (including phenoxy) is 2. The van der Waals surface area contributed by atoms with E-state index >= 15 is 8.78 Å². The van der Waals surface area contributed by atoms with Gasteiger partial charge in [0, 0.05) is 31.8 Å². The number of rotatable bonds is 5. The van der Waals surface area contributed by atoms with Crippen molar-refractivity contribution in [3.8, 4) is 11.1 Å². The van der Waals surface area contributed by atoms with Gasteiger partial charge >= 0.3 is 12.2 Å². The van der Waals surface area contributed by atoms with Crippen molar-refractivity contribution in [3.63, 3.8) is 0 Å². The first-order valence-corrected chi connectivity index (χ1v) is 12.9. The lowest BCUT2D eigenvalue weighted by Gasteiger charge is -2.26. The molecule has 1 aromatic carbocycles. The molecule has 0 bridgehead atoms. The Hall–Kier alpha value is -4.27. The summed E-state index contributed by atoms with van der Waals surface area (Å²) in [6, 6.07) is 5.21. The van der Waals surface area contributed by atoms with Crippen molar-refractivity contribution in [1.29, 1.82) is 0 Å². The maximum Gasteiger partial charge on any atom is 0.414 e. The summed E-state index contributed by atoms with van der Waals surface area (Å²) in [4.78, 5) is 46.8. The molecule has 3 aliphatic rings. The molecule has 1 aliphatic carbocycles. The van der Waals surface area contributed by atoms with E-state index < -0.39 is 41.1 Å². The van der Waals surface area contributed by atoms with E-state index in [1.165, 1.54) is 19.2 Å². The van der Waals surface area contributed by atoms with E-state index in [2.05, 4.69) is 15.1 Å². The number of carbonyl (C=O) groups excluding carboxylic acids is 3. The maximum absolute atomic E-state index is 15.2. The highest BCUT2D eigenvalue weighted by Crippen LogP contribution is 2.64. The Labute approximate surface area is 230 Å². The SMILES string of the molecule is [C-]#[N+]C1(c2ccc(-c3c(F)cc(N4C[C@H](CNC(C)=O)OC4=O)cc3F)cn2)[C@@H]2CN(C(=O)OC(C)(C)C)C[C@@H]21. The number of hydrogen-bond donors (Lipinski definition) is 1. The number of carbonyl (C=O) groups is 3. The molecule has 1 aromatic heterocycles. The number of cyclic esters (lactones) is 1. The Kier molecular flexibility index (Phi) is 6.64. The van der Waals surface area contributed by atoms with E-state index in [9.17, 15) is 14.4 Å². The summed E-state index contributed by atoms with van der Waals surface area (Å²) in [5, 5.41) is 2.55. The van der Waals surface area contributed by atoms with Gasteiger partial charge in [-0.15, -0.1) is 0 Å². The summed E-state index contributed by atoms with van der Waals surface area (Å²) >= 11 is 0. The zero-order valence-electron chi connectivity index (χ0n) is 22.5. The fraction of sp³-hybridized carbons (Fsp3) is 0.464. The lowest BCUT2D eigenvalue weighted by Crippen LogP contribution is -2.38. The molecule has 4 atom stereocenters. The second-order valence-corrected chi connectivity index (χ2v) is 11.3. The minimum Gasteiger partial charge on any atom is -0.444 e. The lowest BCUT2D eigenvalue weighted by molar-refractivity contribution is -0.119. The van der Waals surface area contributed by atoms with Crippen LogP contribution in [-0.4, -0.2) is 65.9 Å². The number of hydrogen-bond acceptors (Lipinski definition) is 6. The van der Waals surface area contributed by atoms with E-state index in [1.807, 2.05) is 0 Å². The summed E-state index contributed by atoms with van der Waals surface area (Å²) in [5.41, 5.74) is -1.15. The number of benzene rings is 1. The first-order chi connectivity index (χ1) is 18.8. The molecule has 2 aliphatic heterocycles. The molecule has 3 fully saturated rings. The first-order valence-electron chi connectivity index (χ1n) is 12.9. The van der Waals surface area contributed by atoms with Gasteiger partial charge in [-0.1, -0.05) is 6.07 Å². The van der Waals surface area contributed by atoms with Crippen LogP contribution in [0.1, 0.15) is 33.4 Å². The van der Waals surface area contributed by atoms with E-state index in [0.29, 0.717) is 18.8 Å². The number of pyridine rings is 1. The van der Waals surface area contributed by atoms with Crippen molar-refractivity contribution in [1.82, 2.24) is 15.2 Å². The molecule has 10 nitrogen and oxygen atoms in total. The smallest absolute Gasteiger partial charge is 0.414 e. The van der Waals surface area contributed by atoms with Crippen molar-refractivity contribution < 1.29 is 32.6 Å².